The first-order valence-corrected chi connectivity index (χ1v) is 8.79. The first kappa shape index (κ1) is 18.2. The van der Waals surface area contributed by atoms with E-state index in [0.29, 0.717) is 10.7 Å². The Balaban J connectivity index is 1.73. The number of anilines is 2. The molecular formula is C16H11F3N4OS2. The van der Waals surface area contributed by atoms with E-state index in [1.165, 1.54) is 24.3 Å². The van der Waals surface area contributed by atoms with Gasteiger partial charge in [-0.15, -0.1) is 11.3 Å². The van der Waals surface area contributed by atoms with E-state index in [1.54, 1.807) is 24.5 Å². The van der Waals surface area contributed by atoms with Crippen LogP contribution in [0.25, 0.3) is 10.6 Å². The van der Waals surface area contributed by atoms with Crippen molar-refractivity contribution in [3.63, 3.8) is 0 Å². The van der Waals surface area contributed by atoms with Gasteiger partial charge in [0.2, 0.25) is 0 Å². The van der Waals surface area contributed by atoms with Crippen LogP contribution in [0.1, 0.15) is 9.67 Å². The lowest BCUT2D eigenvalue weighted by Crippen LogP contribution is -2.12. The number of carbonyl (C=O) groups excluding carboxylic acids is 1. The zero-order chi connectivity index (χ0) is 18.7. The van der Waals surface area contributed by atoms with Crippen molar-refractivity contribution in [3.8, 4) is 10.6 Å². The predicted octanol–water partition coefficient (Wildman–Crippen LogP) is 4.65. The van der Waals surface area contributed by atoms with E-state index >= 15 is 0 Å². The van der Waals surface area contributed by atoms with Gasteiger partial charge in [-0.1, -0.05) is 0 Å². The molecule has 0 unspecified atom stereocenters. The Kier molecular flexibility index (Phi) is 5.14. The van der Waals surface area contributed by atoms with E-state index in [0.717, 1.165) is 16.9 Å². The molecule has 134 valence electrons. The summed E-state index contributed by atoms with van der Waals surface area (Å²) in [6.07, 6.45) is 3.23. The van der Waals surface area contributed by atoms with E-state index in [-0.39, 0.29) is 27.4 Å². The number of nitrogens with two attached hydrogens (primary N) is 1. The quantitative estimate of drug-likeness (QED) is 0.628. The molecule has 5 nitrogen and oxygen atoms in total. The molecule has 0 fully saturated rings. The van der Waals surface area contributed by atoms with Crippen molar-refractivity contribution >= 4 is 40.5 Å². The number of nitrogens with zero attached hydrogens (tertiary/aromatic N) is 2. The number of nitrogens with one attached hydrogen (secondary N) is 1. The summed E-state index contributed by atoms with van der Waals surface area (Å²) >= 11 is 0.891. The number of alkyl halides is 3. The third kappa shape index (κ3) is 4.52. The highest BCUT2D eigenvalue weighted by Gasteiger charge is 2.29. The topological polar surface area (TPSA) is 80.9 Å². The average molecular weight is 396 g/mol. The fraction of sp³-hybridized carbons (Fsp3) is 0.0625. The highest BCUT2D eigenvalue weighted by molar-refractivity contribution is 8.00. The maximum Gasteiger partial charge on any atom is 0.446 e. The molecular weight excluding hydrogens is 385 g/mol. The number of thiazole rings is 1. The molecule has 3 N–H and O–H groups in total. The summed E-state index contributed by atoms with van der Waals surface area (Å²) in [6.45, 7) is 0. The molecule has 1 amide bonds. The summed E-state index contributed by atoms with van der Waals surface area (Å²) in [4.78, 5) is 20.8. The lowest BCUT2D eigenvalue weighted by Gasteiger charge is -2.07. The van der Waals surface area contributed by atoms with Gasteiger partial charge in [-0.2, -0.15) is 13.2 Å². The molecule has 0 aliphatic carbocycles. The van der Waals surface area contributed by atoms with Crippen molar-refractivity contribution in [1.82, 2.24) is 9.97 Å². The van der Waals surface area contributed by atoms with Gasteiger partial charge in [0.25, 0.3) is 5.91 Å². The van der Waals surface area contributed by atoms with Crippen LogP contribution in [0, 0.1) is 0 Å². The van der Waals surface area contributed by atoms with Crippen LogP contribution in [0.4, 0.5) is 24.7 Å². The zero-order valence-electron chi connectivity index (χ0n) is 12.9. The normalized spacial score (nSPS) is 11.3. The lowest BCUT2D eigenvalue weighted by molar-refractivity contribution is -0.0328. The largest absolute Gasteiger partial charge is 0.446 e. The van der Waals surface area contributed by atoms with Crippen molar-refractivity contribution in [2.45, 2.75) is 10.4 Å². The van der Waals surface area contributed by atoms with Crippen molar-refractivity contribution < 1.29 is 18.0 Å². The Bertz CT molecular complexity index is 911. The number of amides is 1. The molecule has 0 aliphatic heterocycles. The minimum atomic E-state index is -4.36. The third-order valence-corrected chi connectivity index (χ3v) is 4.97. The number of carbonyl (C=O) groups is 1. The van der Waals surface area contributed by atoms with E-state index in [9.17, 15) is 18.0 Å². The second kappa shape index (κ2) is 7.34. The van der Waals surface area contributed by atoms with Gasteiger partial charge in [-0.25, -0.2) is 4.98 Å². The van der Waals surface area contributed by atoms with Crippen LogP contribution < -0.4 is 11.1 Å². The molecule has 26 heavy (non-hydrogen) atoms. The SMILES string of the molecule is Nc1nc(-c2cccnc2)sc1C(=O)Nc1ccc(SC(F)(F)F)cc1. The van der Waals surface area contributed by atoms with Gasteiger partial charge in [0.05, 0.1) is 0 Å². The van der Waals surface area contributed by atoms with Crippen LogP contribution in [0.2, 0.25) is 0 Å². The Labute approximate surface area is 154 Å². The minimum Gasteiger partial charge on any atom is -0.382 e. The summed E-state index contributed by atoms with van der Waals surface area (Å²) in [7, 11) is 0. The van der Waals surface area contributed by atoms with Gasteiger partial charge in [0.15, 0.2) is 0 Å². The Hall–Kier alpha value is -2.59. The van der Waals surface area contributed by atoms with E-state index in [2.05, 4.69) is 15.3 Å². The van der Waals surface area contributed by atoms with E-state index in [4.69, 9.17) is 5.73 Å². The number of nitrogen functional groups attached to an aromatic ring is 1. The summed E-state index contributed by atoms with van der Waals surface area (Å²) < 4.78 is 37.0. The number of rotatable bonds is 4. The number of halogens is 3. The van der Waals surface area contributed by atoms with Crippen molar-refractivity contribution in [2.24, 2.45) is 0 Å². The molecule has 0 aliphatic rings. The maximum absolute atomic E-state index is 12.4. The average Bonchev–Trinajstić information content (AvgIpc) is 2.98. The number of hydrogen-bond acceptors (Lipinski definition) is 6. The predicted molar refractivity (Wildman–Crippen MR) is 96.1 cm³/mol. The Morgan fingerprint density at radius 2 is 1.92 bits per heavy atom. The number of pyridine rings is 1. The molecule has 0 radical (unpaired) electrons. The molecule has 0 saturated carbocycles. The first-order valence-electron chi connectivity index (χ1n) is 7.16. The van der Waals surface area contributed by atoms with Crippen LogP contribution in [-0.2, 0) is 0 Å². The summed E-state index contributed by atoms with van der Waals surface area (Å²) in [5, 5.41) is 3.15. The highest BCUT2D eigenvalue weighted by Crippen LogP contribution is 2.37. The van der Waals surface area contributed by atoms with Crippen molar-refractivity contribution in [3.05, 3.63) is 53.7 Å². The summed E-state index contributed by atoms with van der Waals surface area (Å²) in [5.74, 6) is -0.401. The van der Waals surface area contributed by atoms with E-state index in [1.807, 2.05) is 0 Å². The lowest BCUT2D eigenvalue weighted by atomic mass is 10.3. The van der Waals surface area contributed by atoms with Crippen LogP contribution in [0.3, 0.4) is 0 Å². The van der Waals surface area contributed by atoms with Crippen LogP contribution in [-0.4, -0.2) is 21.4 Å². The molecule has 0 bridgehead atoms. The molecule has 10 heteroatoms. The number of benzene rings is 1. The number of thioether (sulfide) groups is 1. The van der Waals surface area contributed by atoms with E-state index < -0.39 is 11.4 Å². The Morgan fingerprint density at radius 3 is 2.54 bits per heavy atom. The second-order valence-corrected chi connectivity index (χ2v) is 7.14. The number of hydrogen-bond donors (Lipinski definition) is 2. The maximum atomic E-state index is 12.4. The molecule has 0 saturated heterocycles. The third-order valence-electron chi connectivity index (χ3n) is 3.11. The monoisotopic (exact) mass is 396 g/mol. The number of aromatic nitrogens is 2. The van der Waals surface area contributed by atoms with Gasteiger partial charge in [-0.05, 0) is 48.2 Å². The van der Waals surface area contributed by atoms with Crippen LogP contribution in [0.15, 0.2) is 53.7 Å². The van der Waals surface area contributed by atoms with Gasteiger partial charge >= 0.3 is 5.51 Å². The molecule has 0 atom stereocenters. The van der Waals surface area contributed by atoms with Gasteiger partial charge in [-0.3, -0.25) is 9.78 Å². The van der Waals surface area contributed by atoms with Crippen LogP contribution in [0.5, 0.6) is 0 Å². The molecule has 0 spiro atoms. The molecule has 2 heterocycles. The molecule has 1 aromatic carbocycles. The summed E-state index contributed by atoms with van der Waals surface area (Å²) in [6, 6.07) is 8.89. The molecule has 3 rings (SSSR count). The first-order chi connectivity index (χ1) is 12.3. The smallest absolute Gasteiger partial charge is 0.382 e. The van der Waals surface area contributed by atoms with Crippen LogP contribution >= 0.6 is 23.1 Å². The minimum absolute atomic E-state index is 0.0340. The highest BCUT2D eigenvalue weighted by atomic mass is 32.2. The standard InChI is InChI=1S/C16H11F3N4OS2/c17-16(18,19)26-11-5-3-10(4-6-11)22-14(24)12-13(20)23-15(25-12)9-2-1-7-21-8-9/h1-8H,20H2,(H,22,24). The molecule has 2 aromatic heterocycles. The zero-order valence-corrected chi connectivity index (χ0v) is 14.6. The second-order valence-electron chi connectivity index (χ2n) is 5.00. The Morgan fingerprint density at radius 1 is 1.19 bits per heavy atom. The van der Waals surface area contributed by atoms with Crippen molar-refractivity contribution in [1.29, 1.82) is 0 Å². The van der Waals surface area contributed by atoms with Gasteiger partial charge in [0.1, 0.15) is 15.7 Å². The van der Waals surface area contributed by atoms with Gasteiger partial charge in [0, 0.05) is 28.5 Å². The fourth-order valence-corrected chi connectivity index (χ4v) is 3.44. The van der Waals surface area contributed by atoms with Crippen molar-refractivity contribution in [2.75, 3.05) is 11.1 Å². The summed E-state index contributed by atoms with van der Waals surface area (Å²) in [5.41, 5.74) is 2.55. The van der Waals surface area contributed by atoms with Gasteiger partial charge < -0.3 is 11.1 Å². The molecule has 3 aromatic rings. The fourth-order valence-electron chi connectivity index (χ4n) is 2.04.